The van der Waals surface area contributed by atoms with Crippen LogP contribution in [0.1, 0.15) is 112 Å². The topological polar surface area (TPSA) is 17.1 Å². The van der Waals surface area contributed by atoms with Gasteiger partial charge in [0, 0.05) is 12.0 Å². The molecule has 1 aromatic carbocycles. The van der Waals surface area contributed by atoms with Crippen molar-refractivity contribution in [1.29, 1.82) is 0 Å². The summed E-state index contributed by atoms with van der Waals surface area (Å²) in [6, 6.07) is 0. The second-order valence-electron chi connectivity index (χ2n) is 12.0. The fraction of sp³-hybridized carbons (Fsp3) is 0.633. The van der Waals surface area contributed by atoms with Crippen LogP contribution < -0.4 is 0 Å². The molecule has 0 unspecified atom stereocenters. The Morgan fingerprint density at radius 2 is 1.47 bits per heavy atom. The summed E-state index contributed by atoms with van der Waals surface area (Å²) in [5.41, 5.74) is 15.8. The molecule has 2 heteroatoms. The van der Waals surface area contributed by atoms with E-state index in [0.717, 1.165) is 24.8 Å². The number of carbonyl (C=O) groups excluding carboxylic acids is 1. The predicted molar refractivity (Wildman–Crippen MR) is 143 cm³/mol. The Bertz CT molecular complexity index is 962. The SMILES string of the molecule is CCC(=O)c1c(CCC(=C(C)C)/C(C)=C/[Si](C)(C)C(C)(C)C)c2c(c3c1CC3)CCCC2. The van der Waals surface area contributed by atoms with E-state index in [4.69, 9.17) is 0 Å². The molecule has 1 nitrogen and oxygen atoms in total. The van der Waals surface area contributed by atoms with Gasteiger partial charge in [0.1, 0.15) is 0 Å². The lowest BCUT2D eigenvalue weighted by Gasteiger charge is -2.35. The Morgan fingerprint density at radius 1 is 0.906 bits per heavy atom. The molecule has 0 saturated heterocycles. The Morgan fingerprint density at radius 3 is 1.97 bits per heavy atom. The second-order valence-corrected chi connectivity index (χ2v) is 17.3. The molecule has 0 heterocycles. The molecule has 3 rings (SSSR count). The van der Waals surface area contributed by atoms with Crippen LogP contribution in [0, 0.1) is 0 Å². The fourth-order valence-electron chi connectivity index (χ4n) is 5.61. The Labute approximate surface area is 198 Å². The van der Waals surface area contributed by atoms with Gasteiger partial charge < -0.3 is 0 Å². The van der Waals surface area contributed by atoms with E-state index >= 15 is 0 Å². The smallest absolute Gasteiger partial charge is 0.163 e. The standard InChI is InChI=1S/C30H46OSi/c1-10-28(31)29-26(24-14-12-11-13-23(24)25-16-18-27(25)29)17-15-22(20(2)3)21(4)19-32(8,9)30(5,6)7/h19H,10-18H2,1-9H3/b21-19+. The molecule has 0 fully saturated rings. The minimum atomic E-state index is -1.50. The van der Waals surface area contributed by atoms with Crippen LogP contribution in [0.2, 0.25) is 18.1 Å². The third-order valence-electron chi connectivity index (χ3n) is 8.60. The third kappa shape index (κ3) is 4.76. The van der Waals surface area contributed by atoms with Gasteiger partial charge in [-0.25, -0.2) is 0 Å². The highest BCUT2D eigenvalue weighted by Crippen LogP contribution is 2.42. The highest BCUT2D eigenvalue weighted by Gasteiger charge is 2.34. The van der Waals surface area contributed by atoms with Crippen molar-refractivity contribution in [2.24, 2.45) is 0 Å². The number of Topliss-reactive ketones (excluding diaryl/α,β-unsaturated/α-hetero) is 1. The van der Waals surface area contributed by atoms with Crippen LogP contribution in [0.4, 0.5) is 0 Å². The summed E-state index contributed by atoms with van der Waals surface area (Å²) < 4.78 is 0. The summed E-state index contributed by atoms with van der Waals surface area (Å²) in [4.78, 5) is 13.1. The van der Waals surface area contributed by atoms with Crippen LogP contribution in [0.15, 0.2) is 22.4 Å². The normalized spacial score (nSPS) is 16.2. The van der Waals surface area contributed by atoms with Gasteiger partial charge in [-0.05, 0) is 111 Å². The van der Waals surface area contributed by atoms with Gasteiger partial charge in [0.05, 0.1) is 8.07 Å². The number of carbonyl (C=O) groups is 1. The lowest BCUT2D eigenvalue weighted by molar-refractivity contribution is 0.0985. The molecule has 0 amide bonds. The van der Waals surface area contributed by atoms with E-state index < -0.39 is 8.07 Å². The van der Waals surface area contributed by atoms with Gasteiger partial charge in [0.15, 0.2) is 5.78 Å². The highest BCUT2D eigenvalue weighted by molar-refractivity contribution is 6.84. The minimum Gasteiger partial charge on any atom is -0.294 e. The van der Waals surface area contributed by atoms with E-state index in [0.29, 0.717) is 17.2 Å². The fourth-order valence-corrected chi connectivity index (χ4v) is 7.30. The van der Waals surface area contributed by atoms with Crippen LogP contribution in [-0.2, 0) is 32.1 Å². The molecule has 0 saturated carbocycles. The van der Waals surface area contributed by atoms with Gasteiger partial charge in [-0.3, -0.25) is 4.79 Å². The molecule has 0 radical (unpaired) electrons. The number of benzene rings is 1. The number of ketones is 1. The summed E-state index contributed by atoms with van der Waals surface area (Å²) in [6.45, 7) is 21.0. The molecule has 0 atom stereocenters. The van der Waals surface area contributed by atoms with Crippen molar-refractivity contribution in [1.82, 2.24) is 0 Å². The van der Waals surface area contributed by atoms with Gasteiger partial charge >= 0.3 is 0 Å². The van der Waals surface area contributed by atoms with Crippen LogP contribution in [0.3, 0.4) is 0 Å². The lowest BCUT2D eigenvalue weighted by atomic mass is 9.71. The quantitative estimate of drug-likeness (QED) is 0.231. The maximum atomic E-state index is 13.1. The van der Waals surface area contributed by atoms with E-state index in [2.05, 4.69) is 60.3 Å². The van der Waals surface area contributed by atoms with Crippen LogP contribution in [0.5, 0.6) is 0 Å². The molecule has 2 aliphatic carbocycles. The zero-order chi connectivity index (χ0) is 23.8. The predicted octanol–water partition coefficient (Wildman–Crippen LogP) is 8.52. The zero-order valence-corrected chi connectivity index (χ0v) is 23.3. The van der Waals surface area contributed by atoms with Crippen LogP contribution in [0.25, 0.3) is 0 Å². The van der Waals surface area contributed by atoms with Crippen molar-refractivity contribution in [3.05, 3.63) is 55.8 Å². The molecular weight excluding hydrogens is 404 g/mol. The first-order valence-electron chi connectivity index (χ1n) is 13.0. The van der Waals surface area contributed by atoms with Crippen molar-refractivity contribution in [3.63, 3.8) is 0 Å². The summed E-state index contributed by atoms with van der Waals surface area (Å²) in [5, 5.41) is 0.350. The second kappa shape index (κ2) is 9.45. The van der Waals surface area contributed by atoms with E-state index in [-0.39, 0.29) is 0 Å². The molecule has 0 bridgehead atoms. The average molecular weight is 451 g/mol. The van der Waals surface area contributed by atoms with Crippen LogP contribution in [-0.4, -0.2) is 13.9 Å². The number of allylic oxidation sites excluding steroid dienone is 3. The van der Waals surface area contributed by atoms with Gasteiger partial charge in [-0.15, -0.1) is 0 Å². The average Bonchev–Trinajstić information content (AvgIpc) is 2.66. The summed E-state index contributed by atoms with van der Waals surface area (Å²) >= 11 is 0. The molecule has 0 aliphatic heterocycles. The van der Waals surface area contributed by atoms with E-state index in [1.807, 2.05) is 6.92 Å². The van der Waals surface area contributed by atoms with Gasteiger partial charge in [0.2, 0.25) is 0 Å². The van der Waals surface area contributed by atoms with Crippen molar-refractivity contribution < 1.29 is 4.79 Å². The number of hydrogen-bond acceptors (Lipinski definition) is 1. The van der Waals surface area contributed by atoms with Gasteiger partial charge in [-0.1, -0.05) is 57.6 Å². The highest BCUT2D eigenvalue weighted by atomic mass is 28.3. The van der Waals surface area contributed by atoms with Crippen molar-refractivity contribution in [2.75, 3.05) is 0 Å². The summed E-state index contributed by atoms with van der Waals surface area (Å²) in [6.07, 6.45) is 9.97. The lowest BCUT2D eigenvalue weighted by Crippen LogP contribution is -2.35. The molecule has 0 N–H and O–H groups in total. The number of rotatable bonds is 7. The Kier molecular flexibility index (Phi) is 7.44. The first kappa shape index (κ1) is 25.2. The Balaban J connectivity index is 2.01. The molecule has 32 heavy (non-hydrogen) atoms. The first-order valence-corrected chi connectivity index (χ1v) is 16.0. The molecule has 0 aromatic heterocycles. The van der Waals surface area contributed by atoms with Gasteiger partial charge in [-0.2, -0.15) is 0 Å². The molecule has 0 spiro atoms. The zero-order valence-electron chi connectivity index (χ0n) is 22.3. The monoisotopic (exact) mass is 450 g/mol. The molecular formula is C30H46OSi. The van der Waals surface area contributed by atoms with Crippen molar-refractivity contribution in [2.45, 2.75) is 124 Å². The van der Waals surface area contributed by atoms with E-state index in [1.165, 1.54) is 60.0 Å². The largest absolute Gasteiger partial charge is 0.294 e. The maximum absolute atomic E-state index is 13.1. The Hall–Kier alpha value is -1.41. The maximum Gasteiger partial charge on any atom is 0.163 e. The molecule has 176 valence electrons. The first-order chi connectivity index (χ1) is 14.9. The minimum absolute atomic E-state index is 0.350. The summed E-state index contributed by atoms with van der Waals surface area (Å²) in [7, 11) is -1.50. The van der Waals surface area contributed by atoms with E-state index in [9.17, 15) is 4.79 Å². The summed E-state index contributed by atoms with van der Waals surface area (Å²) in [5.74, 6) is 0.372. The molecule has 1 aromatic rings. The molecule has 2 aliphatic rings. The van der Waals surface area contributed by atoms with Crippen molar-refractivity contribution in [3.8, 4) is 0 Å². The third-order valence-corrected chi connectivity index (χ3v) is 13.6. The van der Waals surface area contributed by atoms with Crippen LogP contribution >= 0.6 is 0 Å². The van der Waals surface area contributed by atoms with Crippen molar-refractivity contribution >= 4 is 13.9 Å². The van der Waals surface area contributed by atoms with Gasteiger partial charge in [0.25, 0.3) is 0 Å². The number of hydrogen-bond donors (Lipinski definition) is 0. The van der Waals surface area contributed by atoms with E-state index in [1.54, 1.807) is 16.7 Å². The number of fused-ring (bicyclic) bond motifs is 3.